The first kappa shape index (κ1) is 16.3. The van der Waals surface area contributed by atoms with Gasteiger partial charge in [0.25, 0.3) is 0 Å². The lowest BCUT2D eigenvalue weighted by Crippen LogP contribution is -2.38. The van der Waals surface area contributed by atoms with Crippen molar-refractivity contribution in [2.45, 2.75) is 43.8 Å². The fourth-order valence-corrected chi connectivity index (χ4v) is 4.42. The minimum atomic E-state index is -3.56. The number of aromatic nitrogens is 4. The molecule has 4 rings (SSSR count). The number of aromatic amines is 1. The number of hydrogen-bond donors (Lipinski definition) is 2. The average molecular weight is 364 g/mol. The van der Waals surface area contributed by atoms with E-state index in [0.29, 0.717) is 19.6 Å². The third-order valence-electron chi connectivity index (χ3n) is 4.84. The average Bonchev–Trinajstić information content (AvgIpc) is 3.20. The van der Waals surface area contributed by atoms with Gasteiger partial charge < -0.3 is 5.32 Å². The predicted molar refractivity (Wildman–Crippen MR) is 87.6 cm³/mol. The van der Waals surface area contributed by atoms with Gasteiger partial charge in [0.1, 0.15) is 4.90 Å². The summed E-state index contributed by atoms with van der Waals surface area (Å²) in [4.78, 5) is 12.1. The third-order valence-corrected chi connectivity index (χ3v) is 6.65. The zero-order valence-electron chi connectivity index (χ0n) is 13.7. The molecule has 25 heavy (non-hydrogen) atoms. The maximum atomic E-state index is 12.6. The molecule has 0 aromatic carbocycles. The zero-order chi connectivity index (χ0) is 17.4. The van der Waals surface area contributed by atoms with Crippen molar-refractivity contribution in [3.05, 3.63) is 29.8 Å². The molecule has 3 heterocycles. The van der Waals surface area contributed by atoms with Gasteiger partial charge in [-0.05, 0) is 18.9 Å². The minimum absolute atomic E-state index is 0.0846. The summed E-state index contributed by atoms with van der Waals surface area (Å²) in [6, 6.07) is 1.86. The van der Waals surface area contributed by atoms with Crippen LogP contribution in [-0.2, 0) is 34.5 Å². The van der Waals surface area contributed by atoms with E-state index in [1.165, 1.54) is 16.7 Å². The van der Waals surface area contributed by atoms with Gasteiger partial charge in [-0.1, -0.05) is 6.42 Å². The number of carbonyl (C=O) groups excluding carboxylic acids is 1. The number of amides is 1. The Morgan fingerprint density at radius 3 is 2.88 bits per heavy atom. The first-order chi connectivity index (χ1) is 12.0. The van der Waals surface area contributed by atoms with Crippen LogP contribution in [0.15, 0.2) is 23.4 Å². The van der Waals surface area contributed by atoms with Crippen molar-refractivity contribution < 1.29 is 13.2 Å². The van der Waals surface area contributed by atoms with Crippen LogP contribution in [0.5, 0.6) is 0 Å². The maximum Gasteiger partial charge on any atom is 0.246 e. The van der Waals surface area contributed by atoms with E-state index < -0.39 is 10.0 Å². The standard InChI is InChI=1S/C15H20N6O3S/c22-15(11-2-1-3-11)16-7-12-6-13-10-20(4-5-21(13)19-12)25(23,24)14-8-17-18-9-14/h6,8-9,11H,1-5,7,10H2,(H,16,22)(H,17,18). The summed E-state index contributed by atoms with van der Waals surface area (Å²) in [5.41, 5.74) is 1.58. The smallest absolute Gasteiger partial charge is 0.246 e. The van der Waals surface area contributed by atoms with Gasteiger partial charge in [0.05, 0.1) is 37.2 Å². The third kappa shape index (κ3) is 3.07. The van der Waals surface area contributed by atoms with Crippen LogP contribution in [0.4, 0.5) is 0 Å². The van der Waals surface area contributed by atoms with E-state index in [4.69, 9.17) is 0 Å². The van der Waals surface area contributed by atoms with Gasteiger partial charge in [-0.15, -0.1) is 0 Å². The normalized spacial score (nSPS) is 18.6. The molecule has 0 unspecified atom stereocenters. The SMILES string of the molecule is O=C(NCc1cc2n(n1)CCN(S(=O)(=O)c1cn[nH]c1)C2)C1CCC1. The van der Waals surface area contributed by atoms with Gasteiger partial charge in [0.2, 0.25) is 15.9 Å². The van der Waals surface area contributed by atoms with Crippen LogP contribution >= 0.6 is 0 Å². The number of carbonyl (C=O) groups is 1. The van der Waals surface area contributed by atoms with Crippen molar-refractivity contribution in [3.8, 4) is 0 Å². The minimum Gasteiger partial charge on any atom is -0.350 e. The molecule has 1 fully saturated rings. The second kappa shape index (κ2) is 6.26. The molecule has 0 atom stereocenters. The van der Waals surface area contributed by atoms with Crippen LogP contribution in [0.1, 0.15) is 30.7 Å². The number of rotatable bonds is 5. The van der Waals surface area contributed by atoms with Crippen LogP contribution in [-0.4, -0.2) is 45.2 Å². The van der Waals surface area contributed by atoms with Gasteiger partial charge in [-0.2, -0.15) is 14.5 Å². The predicted octanol–water partition coefficient (Wildman–Crippen LogP) is 0.227. The first-order valence-electron chi connectivity index (χ1n) is 8.36. The number of nitrogens with one attached hydrogen (secondary N) is 2. The largest absolute Gasteiger partial charge is 0.350 e. The van der Waals surface area contributed by atoms with E-state index in [0.717, 1.165) is 30.7 Å². The van der Waals surface area contributed by atoms with Gasteiger partial charge in [-0.3, -0.25) is 14.6 Å². The Bertz CT molecular complexity index is 869. The molecule has 0 spiro atoms. The molecule has 1 saturated carbocycles. The van der Waals surface area contributed by atoms with Gasteiger partial charge in [0, 0.05) is 18.7 Å². The van der Waals surface area contributed by atoms with Crippen molar-refractivity contribution in [2.24, 2.45) is 5.92 Å². The van der Waals surface area contributed by atoms with Crippen LogP contribution in [0.25, 0.3) is 0 Å². The molecule has 10 heteroatoms. The highest BCUT2D eigenvalue weighted by Crippen LogP contribution is 2.26. The first-order valence-corrected chi connectivity index (χ1v) is 9.80. The van der Waals surface area contributed by atoms with E-state index in [1.807, 2.05) is 10.7 Å². The van der Waals surface area contributed by atoms with Crippen molar-refractivity contribution in [1.82, 2.24) is 29.6 Å². The molecule has 1 aliphatic carbocycles. The summed E-state index contributed by atoms with van der Waals surface area (Å²) < 4.78 is 28.4. The number of nitrogens with zero attached hydrogens (tertiary/aromatic N) is 4. The number of fused-ring (bicyclic) bond motifs is 1. The summed E-state index contributed by atoms with van der Waals surface area (Å²) in [5, 5.41) is 13.6. The Morgan fingerprint density at radius 2 is 2.20 bits per heavy atom. The molecule has 0 saturated heterocycles. The van der Waals surface area contributed by atoms with E-state index >= 15 is 0 Å². The molecule has 9 nitrogen and oxygen atoms in total. The monoisotopic (exact) mass is 364 g/mol. The molecule has 1 amide bonds. The van der Waals surface area contributed by atoms with E-state index in [1.54, 1.807) is 0 Å². The van der Waals surface area contributed by atoms with Crippen LogP contribution < -0.4 is 5.32 Å². The van der Waals surface area contributed by atoms with Gasteiger partial charge in [0.15, 0.2) is 0 Å². The van der Waals surface area contributed by atoms with Gasteiger partial charge >= 0.3 is 0 Å². The summed E-state index contributed by atoms with van der Waals surface area (Å²) in [6.07, 6.45) is 5.74. The van der Waals surface area contributed by atoms with Crippen molar-refractivity contribution in [3.63, 3.8) is 0 Å². The zero-order valence-corrected chi connectivity index (χ0v) is 14.5. The number of sulfonamides is 1. The lowest BCUT2D eigenvalue weighted by Gasteiger charge is -2.26. The number of hydrogen-bond acceptors (Lipinski definition) is 5. The van der Waals surface area contributed by atoms with E-state index in [-0.39, 0.29) is 23.3 Å². The summed E-state index contributed by atoms with van der Waals surface area (Å²) in [5.74, 6) is 0.231. The molecule has 134 valence electrons. The molecule has 2 aliphatic rings. The van der Waals surface area contributed by atoms with Crippen LogP contribution in [0, 0.1) is 5.92 Å². The van der Waals surface area contributed by atoms with Crippen molar-refractivity contribution in [2.75, 3.05) is 6.54 Å². The lowest BCUT2D eigenvalue weighted by molar-refractivity contribution is -0.127. The quantitative estimate of drug-likeness (QED) is 0.788. The Labute approximate surface area is 145 Å². The molecule has 0 radical (unpaired) electrons. The summed E-state index contributed by atoms with van der Waals surface area (Å²) >= 11 is 0. The molecule has 1 aliphatic heterocycles. The molecule has 2 aromatic rings. The topological polar surface area (TPSA) is 113 Å². The fourth-order valence-electron chi connectivity index (χ4n) is 3.12. The maximum absolute atomic E-state index is 12.6. The Morgan fingerprint density at radius 1 is 1.36 bits per heavy atom. The van der Waals surface area contributed by atoms with Crippen LogP contribution in [0.2, 0.25) is 0 Å². The highest BCUT2D eigenvalue weighted by atomic mass is 32.2. The molecule has 2 aromatic heterocycles. The summed E-state index contributed by atoms with van der Waals surface area (Å²) in [6.45, 7) is 1.49. The Kier molecular flexibility index (Phi) is 4.08. The van der Waals surface area contributed by atoms with E-state index in [9.17, 15) is 13.2 Å². The fraction of sp³-hybridized carbons (Fsp3) is 0.533. The molecular weight excluding hydrogens is 344 g/mol. The highest BCUT2D eigenvalue weighted by Gasteiger charge is 2.30. The lowest BCUT2D eigenvalue weighted by atomic mass is 9.85. The van der Waals surface area contributed by atoms with Crippen LogP contribution in [0.3, 0.4) is 0 Å². The molecular formula is C15H20N6O3S. The van der Waals surface area contributed by atoms with Crippen molar-refractivity contribution >= 4 is 15.9 Å². The van der Waals surface area contributed by atoms with Crippen molar-refractivity contribution in [1.29, 1.82) is 0 Å². The summed E-state index contributed by atoms with van der Waals surface area (Å²) in [7, 11) is -3.56. The molecule has 2 N–H and O–H groups in total. The highest BCUT2D eigenvalue weighted by molar-refractivity contribution is 7.89. The Balaban J connectivity index is 1.43. The second-order valence-electron chi connectivity index (χ2n) is 6.47. The Hall–Kier alpha value is -2.20. The van der Waals surface area contributed by atoms with E-state index in [2.05, 4.69) is 20.6 Å². The second-order valence-corrected chi connectivity index (χ2v) is 8.41. The van der Waals surface area contributed by atoms with Gasteiger partial charge in [-0.25, -0.2) is 8.42 Å². The molecule has 0 bridgehead atoms. The number of H-pyrrole nitrogens is 1.